The third-order valence-corrected chi connectivity index (χ3v) is 8.01. The Balaban J connectivity index is 1.45. The van der Waals surface area contributed by atoms with E-state index in [9.17, 15) is 0 Å². The van der Waals surface area contributed by atoms with Crippen LogP contribution in [0, 0.1) is 0 Å². The summed E-state index contributed by atoms with van der Waals surface area (Å²) in [7, 11) is 0. The van der Waals surface area contributed by atoms with Crippen molar-refractivity contribution >= 4 is 44.5 Å². The molecule has 0 bridgehead atoms. The third-order valence-electron chi connectivity index (χ3n) is 6.90. The average Bonchev–Trinajstić information content (AvgIpc) is 3.27. The summed E-state index contributed by atoms with van der Waals surface area (Å²) in [5.74, 6) is 0.664. The van der Waals surface area contributed by atoms with Crippen LogP contribution in [0.3, 0.4) is 0 Å². The minimum atomic E-state index is 0.664. The predicted octanol–water partition coefficient (Wildman–Crippen LogP) is 7.92. The maximum atomic E-state index is 5.21. The number of benzene rings is 4. The lowest BCUT2D eigenvalue weighted by Crippen LogP contribution is -2.06. The molecule has 7 aromatic rings. The van der Waals surface area contributed by atoms with Gasteiger partial charge in [-0.1, -0.05) is 84.6 Å². The molecule has 5 heteroatoms. The van der Waals surface area contributed by atoms with Crippen molar-refractivity contribution in [2.24, 2.45) is 0 Å². The third kappa shape index (κ3) is 2.81. The molecule has 0 radical (unpaired) electrons. The van der Waals surface area contributed by atoms with E-state index in [0.717, 1.165) is 38.1 Å². The molecule has 0 saturated heterocycles. The van der Waals surface area contributed by atoms with Crippen LogP contribution < -0.4 is 0 Å². The highest BCUT2D eigenvalue weighted by molar-refractivity contribution is 7.99. The fraction of sp³-hybridized carbons (Fsp3) is 0. The number of pyridine rings is 1. The molecule has 36 heavy (non-hydrogen) atoms. The van der Waals surface area contributed by atoms with Gasteiger partial charge in [0, 0.05) is 37.7 Å². The highest BCUT2D eigenvalue weighted by Gasteiger charge is 2.24. The highest BCUT2D eigenvalue weighted by Crippen LogP contribution is 2.46. The zero-order chi connectivity index (χ0) is 23.6. The van der Waals surface area contributed by atoms with E-state index >= 15 is 0 Å². The van der Waals surface area contributed by atoms with Crippen LogP contribution in [-0.4, -0.2) is 19.5 Å². The van der Waals surface area contributed by atoms with Gasteiger partial charge in [-0.2, -0.15) is 0 Å². The summed E-state index contributed by atoms with van der Waals surface area (Å²) in [5.41, 5.74) is 7.55. The van der Waals surface area contributed by atoms with Crippen LogP contribution in [-0.2, 0) is 0 Å². The highest BCUT2D eigenvalue weighted by atomic mass is 32.2. The topological polar surface area (TPSA) is 43.6 Å². The van der Waals surface area contributed by atoms with Crippen molar-refractivity contribution in [2.45, 2.75) is 9.79 Å². The van der Waals surface area contributed by atoms with Crippen LogP contribution in [0.1, 0.15) is 0 Å². The first-order valence-corrected chi connectivity index (χ1v) is 12.7. The van der Waals surface area contributed by atoms with Crippen molar-refractivity contribution in [3.8, 4) is 28.3 Å². The molecule has 0 spiro atoms. The van der Waals surface area contributed by atoms with E-state index in [-0.39, 0.29) is 0 Å². The van der Waals surface area contributed by atoms with Gasteiger partial charge in [0.1, 0.15) is 0 Å². The molecule has 4 aromatic carbocycles. The van der Waals surface area contributed by atoms with Crippen LogP contribution in [0.25, 0.3) is 61.0 Å². The molecular formula is C31H18N4S. The Kier molecular flexibility index (Phi) is 4.13. The Morgan fingerprint density at radius 2 is 1.42 bits per heavy atom. The van der Waals surface area contributed by atoms with Gasteiger partial charge in [-0.05, 0) is 35.4 Å². The van der Waals surface area contributed by atoms with Gasteiger partial charge in [-0.25, -0.2) is 9.97 Å². The number of hydrogen-bond acceptors (Lipinski definition) is 4. The molecule has 0 aliphatic carbocycles. The van der Waals surface area contributed by atoms with Crippen molar-refractivity contribution in [3.05, 3.63) is 109 Å². The van der Waals surface area contributed by atoms with Gasteiger partial charge < -0.3 is 0 Å². The van der Waals surface area contributed by atoms with E-state index in [4.69, 9.17) is 9.97 Å². The second kappa shape index (κ2) is 7.51. The van der Waals surface area contributed by atoms with Gasteiger partial charge in [0.25, 0.3) is 0 Å². The van der Waals surface area contributed by atoms with Gasteiger partial charge in [0.05, 0.1) is 28.4 Å². The van der Waals surface area contributed by atoms with Crippen molar-refractivity contribution in [1.29, 1.82) is 0 Å². The van der Waals surface area contributed by atoms with Gasteiger partial charge in [0.15, 0.2) is 0 Å². The fourth-order valence-electron chi connectivity index (χ4n) is 5.28. The lowest BCUT2D eigenvalue weighted by Gasteiger charge is -2.19. The van der Waals surface area contributed by atoms with E-state index in [0.29, 0.717) is 5.95 Å². The smallest absolute Gasteiger partial charge is 0.235 e. The minimum Gasteiger partial charge on any atom is -0.278 e. The first-order chi connectivity index (χ1) is 17.8. The number of para-hydroxylation sites is 1. The summed E-state index contributed by atoms with van der Waals surface area (Å²) in [6, 6.07) is 34.1. The molecule has 1 aliphatic heterocycles. The molecule has 4 nitrogen and oxygen atoms in total. The zero-order valence-electron chi connectivity index (χ0n) is 19.1. The molecule has 0 atom stereocenters. The summed E-state index contributed by atoms with van der Waals surface area (Å²) in [6.07, 6.45) is 3.77. The maximum absolute atomic E-state index is 5.21. The first kappa shape index (κ1) is 19.8. The minimum absolute atomic E-state index is 0.664. The van der Waals surface area contributed by atoms with Crippen LogP contribution in [0.4, 0.5) is 0 Å². The molecule has 1 aliphatic rings. The molecule has 0 amide bonds. The summed E-state index contributed by atoms with van der Waals surface area (Å²) >= 11 is 1.73. The van der Waals surface area contributed by atoms with Gasteiger partial charge in [-0.3, -0.25) is 9.55 Å². The number of fused-ring (bicyclic) bond motifs is 5. The average molecular weight is 479 g/mol. The standard InChI is InChI=1S/C31H18N4S/c1-2-8-19(9-3-1)20-14-15-26-23(16-20)21-10-4-6-12-25(21)35(26)31-33-24-17-32-18-28-29(24)30(34-31)22-11-5-7-13-27(22)36-28/h1-18H. The van der Waals surface area contributed by atoms with E-state index in [2.05, 4.69) is 101 Å². The zero-order valence-corrected chi connectivity index (χ0v) is 19.9. The number of nitrogens with zero attached hydrogens (tertiary/aromatic N) is 4. The molecule has 0 fully saturated rings. The second-order valence-corrected chi connectivity index (χ2v) is 10.0. The molecule has 0 saturated carbocycles. The summed E-state index contributed by atoms with van der Waals surface area (Å²) in [6.45, 7) is 0. The van der Waals surface area contributed by atoms with E-state index in [1.165, 1.54) is 26.8 Å². The van der Waals surface area contributed by atoms with Gasteiger partial charge >= 0.3 is 0 Å². The van der Waals surface area contributed by atoms with Crippen molar-refractivity contribution in [2.75, 3.05) is 0 Å². The number of hydrogen-bond donors (Lipinski definition) is 0. The Morgan fingerprint density at radius 3 is 2.36 bits per heavy atom. The van der Waals surface area contributed by atoms with Crippen molar-refractivity contribution in [3.63, 3.8) is 0 Å². The summed E-state index contributed by atoms with van der Waals surface area (Å²) < 4.78 is 2.19. The van der Waals surface area contributed by atoms with E-state index in [1.54, 1.807) is 11.8 Å². The first-order valence-electron chi connectivity index (χ1n) is 11.9. The molecule has 3 aromatic heterocycles. The quantitative estimate of drug-likeness (QED) is 0.253. The maximum Gasteiger partial charge on any atom is 0.235 e. The normalized spacial score (nSPS) is 12.3. The van der Waals surface area contributed by atoms with Crippen molar-refractivity contribution < 1.29 is 0 Å². The van der Waals surface area contributed by atoms with Gasteiger partial charge in [0.2, 0.25) is 5.95 Å². The summed E-state index contributed by atoms with van der Waals surface area (Å²) in [4.78, 5) is 17.1. The largest absolute Gasteiger partial charge is 0.278 e. The van der Waals surface area contributed by atoms with Crippen LogP contribution in [0.2, 0.25) is 0 Å². The molecule has 8 rings (SSSR count). The molecule has 0 N–H and O–H groups in total. The second-order valence-electron chi connectivity index (χ2n) is 8.95. The molecular weight excluding hydrogens is 460 g/mol. The van der Waals surface area contributed by atoms with E-state index in [1.807, 2.05) is 18.5 Å². The van der Waals surface area contributed by atoms with Gasteiger partial charge in [-0.15, -0.1) is 0 Å². The Bertz CT molecular complexity index is 1970. The lowest BCUT2D eigenvalue weighted by molar-refractivity contribution is 1.00. The Labute approximate surface area is 211 Å². The predicted molar refractivity (Wildman–Crippen MR) is 147 cm³/mol. The summed E-state index contributed by atoms with van der Waals surface area (Å²) in [5, 5.41) is 3.45. The van der Waals surface area contributed by atoms with E-state index < -0.39 is 0 Å². The molecule has 0 unspecified atom stereocenters. The SMILES string of the molecule is c1ccc(-c2ccc3c(c2)c2ccccc2n3-c2nc3c4c(cncc4n2)Sc2ccccc2-3)cc1. The van der Waals surface area contributed by atoms with Crippen LogP contribution in [0.5, 0.6) is 0 Å². The number of rotatable bonds is 2. The number of aromatic nitrogens is 4. The molecule has 4 heterocycles. The van der Waals surface area contributed by atoms with Crippen LogP contribution in [0.15, 0.2) is 119 Å². The lowest BCUT2D eigenvalue weighted by atomic mass is 10.0. The Hall–Kier alpha value is -4.48. The molecule has 168 valence electrons. The van der Waals surface area contributed by atoms with Crippen molar-refractivity contribution in [1.82, 2.24) is 19.5 Å². The Morgan fingerprint density at radius 1 is 0.611 bits per heavy atom. The fourth-order valence-corrected chi connectivity index (χ4v) is 6.36. The monoisotopic (exact) mass is 478 g/mol. The van der Waals surface area contributed by atoms with Crippen LogP contribution >= 0.6 is 11.8 Å².